The zero-order valence-corrected chi connectivity index (χ0v) is 16.2. The fraction of sp³-hybridized carbons (Fsp3) is 0.263. The van der Waals surface area contributed by atoms with Gasteiger partial charge >= 0.3 is 0 Å². The highest BCUT2D eigenvalue weighted by Crippen LogP contribution is 2.34. The third kappa shape index (κ3) is 3.54. The zero-order chi connectivity index (χ0) is 20.0. The molecule has 5 nitrogen and oxygen atoms in total. The first-order chi connectivity index (χ1) is 12.5. The second kappa shape index (κ2) is 6.61. The van der Waals surface area contributed by atoms with E-state index in [0.29, 0.717) is 16.5 Å². The van der Waals surface area contributed by atoms with Gasteiger partial charge in [-0.1, -0.05) is 6.07 Å². The first-order valence-corrected chi connectivity index (χ1v) is 9.64. The molecule has 0 spiro atoms. The van der Waals surface area contributed by atoms with Crippen LogP contribution in [0.15, 0.2) is 47.8 Å². The van der Waals surface area contributed by atoms with Crippen LogP contribution in [0.25, 0.3) is 22.0 Å². The Morgan fingerprint density at radius 2 is 1.70 bits per heavy atom. The van der Waals surface area contributed by atoms with Crippen molar-refractivity contribution >= 4 is 20.9 Å². The second-order valence-electron chi connectivity index (χ2n) is 7.20. The van der Waals surface area contributed by atoms with Crippen LogP contribution in [0.2, 0.25) is 0 Å². The summed E-state index contributed by atoms with van der Waals surface area (Å²) in [4.78, 5) is 7.75. The fourth-order valence-electron chi connectivity index (χ4n) is 2.63. The molecule has 3 rings (SSSR count). The number of fused-ring (bicyclic) bond motifs is 1. The summed E-state index contributed by atoms with van der Waals surface area (Å²) in [5, 5.41) is 0.659. The van der Waals surface area contributed by atoms with Crippen molar-refractivity contribution in [2.75, 3.05) is 7.05 Å². The van der Waals surface area contributed by atoms with E-state index in [1.165, 1.54) is 13.4 Å². The third-order valence-electron chi connectivity index (χ3n) is 4.42. The van der Waals surface area contributed by atoms with Crippen LogP contribution in [0, 0.1) is 11.6 Å². The van der Waals surface area contributed by atoms with Crippen LogP contribution in [-0.2, 0) is 10.0 Å². The molecule has 1 aromatic heterocycles. The molecule has 0 unspecified atom stereocenters. The lowest BCUT2D eigenvalue weighted by Gasteiger charge is -2.31. The van der Waals surface area contributed by atoms with Gasteiger partial charge in [0, 0.05) is 29.7 Å². The minimum absolute atomic E-state index is 0.0794. The van der Waals surface area contributed by atoms with Crippen molar-refractivity contribution in [2.24, 2.45) is 0 Å². The molecular weight excluding hydrogens is 372 g/mol. The Kier molecular flexibility index (Phi) is 4.73. The maximum absolute atomic E-state index is 14.0. The van der Waals surface area contributed by atoms with Crippen molar-refractivity contribution < 1.29 is 17.2 Å². The first-order valence-electron chi connectivity index (χ1n) is 8.20. The third-order valence-corrected chi connectivity index (χ3v) is 6.58. The Morgan fingerprint density at radius 1 is 1.04 bits per heavy atom. The Bertz CT molecular complexity index is 1130. The SMILES string of the molecule is CN(C(C)(C)C)S(=O)(=O)c1cc(F)c(F)cc1-c1ccc2ncncc2c1. The molecule has 0 radical (unpaired) electrons. The molecule has 0 aliphatic heterocycles. The molecule has 1 heterocycles. The Labute approximate surface area is 156 Å². The lowest BCUT2D eigenvalue weighted by atomic mass is 10.0. The zero-order valence-electron chi connectivity index (χ0n) is 15.4. The predicted octanol–water partition coefficient (Wildman–Crippen LogP) is 3.99. The summed E-state index contributed by atoms with van der Waals surface area (Å²) in [6.45, 7) is 5.16. The molecule has 0 bridgehead atoms. The van der Waals surface area contributed by atoms with Crippen molar-refractivity contribution in [3.05, 3.63) is 54.5 Å². The quantitative estimate of drug-likeness (QED) is 0.677. The average molecular weight is 391 g/mol. The maximum Gasteiger partial charge on any atom is 0.244 e. The molecule has 2 aromatic carbocycles. The molecular formula is C19H19F2N3O2S. The molecule has 0 saturated heterocycles. The van der Waals surface area contributed by atoms with Gasteiger partial charge in [0.1, 0.15) is 6.33 Å². The summed E-state index contributed by atoms with van der Waals surface area (Å²) in [6.07, 6.45) is 2.97. The van der Waals surface area contributed by atoms with E-state index in [1.807, 2.05) is 0 Å². The van der Waals surface area contributed by atoms with Gasteiger partial charge in [0.05, 0.1) is 10.4 Å². The largest absolute Gasteiger partial charge is 0.244 e. The van der Waals surface area contributed by atoms with Crippen LogP contribution in [0.5, 0.6) is 0 Å². The molecule has 27 heavy (non-hydrogen) atoms. The van der Waals surface area contributed by atoms with Crippen LogP contribution in [0.1, 0.15) is 20.8 Å². The van der Waals surface area contributed by atoms with E-state index in [-0.39, 0.29) is 10.5 Å². The number of sulfonamides is 1. The second-order valence-corrected chi connectivity index (χ2v) is 9.14. The smallest absolute Gasteiger partial charge is 0.244 e. The van der Waals surface area contributed by atoms with Crippen molar-refractivity contribution in [3.8, 4) is 11.1 Å². The Morgan fingerprint density at radius 3 is 2.37 bits per heavy atom. The van der Waals surface area contributed by atoms with Gasteiger partial charge < -0.3 is 0 Å². The Balaban J connectivity index is 2.28. The van der Waals surface area contributed by atoms with Crippen molar-refractivity contribution in [3.63, 3.8) is 0 Å². The van der Waals surface area contributed by atoms with Crippen LogP contribution in [0.3, 0.4) is 0 Å². The van der Waals surface area contributed by atoms with Gasteiger partial charge in [0.2, 0.25) is 10.0 Å². The molecule has 3 aromatic rings. The maximum atomic E-state index is 14.0. The summed E-state index contributed by atoms with van der Waals surface area (Å²) >= 11 is 0. The summed E-state index contributed by atoms with van der Waals surface area (Å²) in [6, 6.07) is 6.59. The van der Waals surface area contributed by atoms with E-state index in [2.05, 4.69) is 9.97 Å². The molecule has 0 saturated carbocycles. The molecule has 0 atom stereocenters. The van der Waals surface area contributed by atoms with E-state index in [1.54, 1.807) is 45.2 Å². The Hall–Kier alpha value is -2.45. The molecule has 0 aliphatic carbocycles. The fourth-order valence-corrected chi connectivity index (χ4v) is 4.35. The van der Waals surface area contributed by atoms with E-state index < -0.39 is 27.2 Å². The lowest BCUT2D eigenvalue weighted by molar-refractivity contribution is 0.291. The summed E-state index contributed by atoms with van der Waals surface area (Å²) in [5.41, 5.74) is 0.429. The van der Waals surface area contributed by atoms with Crippen LogP contribution in [0.4, 0.5) is 8.78 Å². The number of hydrogen-bond acceptors (Lipinski definition) is 4. The van der Waals surface area contributed by atoms with Gasteiger partial charge in [-0.3, -0.25) is 0 Å². The van der Waals surface area contributed by atoms with Gasteiger partial charge in [-0.25, -0.2) is 27.2 Å². The van der Waals surface area contributed by atoms with Gasteiger partial charge in [-0.2, -0.15) is 4.31 Å². The number of aromatic nitrogens is 2. The number of halogens is 2. The molecule has 142 valence electrons. The first kappa shape index (κ1) is 19.3. The molecule has 0 N–H and O–H groups in total. The highest BCUT2D eigenvalue weighted by atomic mass is 32.2. The summed E-state index contributed by atoms with van der Waals surface area (Å²) in [7, 11) is -2.66. The van der Waals surface area contributed by atoms with Gasteiger partial charge in [0.25, 0.3) is 0 Å². The summed E-state index contributed by atoms with van der Waals surface area (Å²) < 4.78 is 55.3. The number of benzene rings is 2. The molecule has 8 heteroatoms. The average Bonchev–Trinajstić information content (AvgIpc) is 2.61. The van der Waals surface area contributed by atoms with Gasteiger partial charge in [-0.05, 0) is 50.6 Å². The topological polar surface area (TPSA) is 63.2 Å². The normalized spacial score (nSPS) is 12.7. The molecule has 0 fully saturated rings. The number of rotatable bonds is 3. The van der Waals surface area contributed by atoms with E-state index >= 15 is 0 Å². The van der Waals surface area contributed by atoms with Crippen molar-refractivity contribution in [2.45, 2.75) is 31.2 Å². The number of nitrogens with zero attached hydrogens (tertiary/aromatic N) is 3. The monoisotopic (exact) mass is 391 g/mol. The van der Waals surface area contributed by atoms with Crippen molar-refractivity contribution in [1.29, 1.82) is 0 Å². The van der Waals surface area contributed by atoms with Crippen LogP contribution in [-0.4, -0.2) is 35.3 Å². The highest BCUT2D eigenvalue weighted by molar-refractivity contribution is 7.89. The molecule has 0 aliphatic rings. The highest BCUT2D eigenvalue weighted by Gasteiger charge is 2.33. The van der Waals surface area contributed by atoms with E-state index in [0.717, 1.165) is 16.4 Å². The predicted molar refractivity (Wildman–Crippen MR) is 99.6 cm³/mol. The van der Waals surface area contributed by atoms with Crippen LogP contribution < -0.4 is 0 Å². The van der Waals surface area contributed by atoms with E-state index in [9.17, 15) is 17.2 Å². The van der Waals surface area contributed by atoms with Gasteiger partial charge in [0.15, 0.2) is 11.6 Å². The minimum atomic E-state index is -4.07. The summed E-state index contributed by atoms with van der Waals surface area (Å²) in [5.74, 6) is -2.34. The van der Waals surface area contributed by atoms with Crippen molar-refractivity contribution in [1.82, 2.24) is 14.3 Å². The lowest BCUT2D eigenvalue weighted by Crippen LogP contribution is -2.42. The number of hydrogen-bond donors (Lipinski definition) is 0. The minimum Gasteiger partial charge on any atom is -0.244 e. The van der Waals surface area contributed by atoms with E-state index in [4.69, 9.17) is 0 Å². The van der Waals surface area contributed by atoms with Crippen LogP contribution >= 0.6 is 0 Å². The van der Waals surface area contributed by atoms with Gasteiger partial charge in [-0.15, -0.1) is 0 Å². The molecule has 0 amide bonds. The standard InChI is InChI=1S/C19H19F2N3O2S/c1-19(2,3)24(4)27(25,26)18-9-16(21)15(20)8-14(18)12-5-6-17-13(7-12)10-22-11-23-17/h5-11H,1-4H3.